The minimum absolute atomic E-state index is 0.141. The lowest BCUT2D eigenvalue weighted by atomic mass is 9.79. The third-order valence-electron chi connectivity index (χ3n) is 3.75. The molecular formula is C11H20N2O2. The molecule has 3 N–H and O–H groups in total. The van der Waals surface area contributed by atoms with Gasteiger partial charge >= 0.3 is 0 Å². The van der Waals surface area contributed by atoms with E-state index in [1.54, 1.807) is 0 Å². The summed E-state index contributed by atoms with van der Waals surface area (Å²) < 4.78 is 5.28. The van der Waals surface area contributed by atoms with Gasteiger partial charge in [-0.15, -0.1) is 0 Å². The number of rotatable bonds is 3. The number of carbonyl (C=O) groups excluding carboxylic acids is 1. The molecule has 1 amide bonds. The topological polar surface area (TPSA) is 64.4 Å². The van der Waals surface area contributed by atoms with Crippen LogP contribution in [0, 0.1) is 11.3 Å². The lowest BCUT2D eigenvalue weighted by molar-refractivity contribution is -0.136. The summed E-state index contributed by atoms with van der Waals surface area (Å²) in [5.41, 5.74) is 5.39. The van der Waals surface area contributed by atoms with E-state index in [9.17, 15) is 4.79 Å². The molecule has 86 valence electrons. The van der Waals surface area contributed by atoms with Gasteiger partial charge in [0, 0.05) is 25.8 Å². The van der Waals surface area contributed by atoms with Crippen LogP contribution in [0.5, 0.6) is 0 Å². The summed E-state index contributed by atoms with van der Waals surface area (Å²) in [6.07, 6.45) is 2.63. The first-order chi connectivity index (χ1) is 7.18. The van der Waals surface area contributed by atoms with Gasteiger partial charge in [0.2, 0.25) is 5.91 Å². The highest BCUT2D eigenvalue weighted by Crippen LogP contribution is 2.33. The van der Waals surface area contributed by atoms with Gasteiger partial charge in [0.1, 0.15) is 0 Å². The van der Waals surface area contributed by atoms with Crippen molar-refractivity contribution in [2.75, 3.05) is 19.8 Å². The van der Waals surface area contributed by atoms with Gasteiger partial charge in [-0.05, 0) is 25.2 Å². The molecule has 0 aromatic rings. The van der Waals surface area contributed by atoms with Crippen LogP contribution in [0.2, 0.25) is 0 Å². The Bertz CT molecular complexity index is 249. The van der Waals surface area contributed by atoms with E-state index in [0.29, 0.717) is 31.7 Å². The summed E-state index contributed by atoms with van der Waals surface area (Å²) in [6.45, 7) is 3.91. The zero-order valence-corrected chi connectivity index (χ0v) is 9.29. The highest BCUT2D eigenvalue weighted by Gasteiger charge is 2.42. The fraction of sp³-hybridized carbons (Fsp3) is 0.909. The average Bonchev–Trinajstić information content (AvgIpc) is 2.95. The molecule has 1 aliphatic carbocycles. The highest BCUT2D eigenvalue weighted by molar-refractivity contribution is 5.83. The van der Waals surface area contributed by atoms with Crippen LogP contribution < -0.4 is 11.1 Å². The maximum Gasteiger partial charge on any atom is 0.227 e. The van der Waals surface area contributed by atoms with Crippen molar-refractivity contribution >= 4 is 5.91 Å². The van der Waals surface area contributed by atoms with Gasteiger partial charge in [0.25, 0.3) is 0 Å². The third-order valence-corrected chi connectivity index (χ3v) is 3.75. The molecule has 4 nitrogen and oxygen atoms in total. The lowest BCUT2D eigenvalue weighted by Crippen LogP contribution is -2.49. The first-order valence-electron chi connectivity index (χ1n) is 5.77. The third kappa shape index (κ3) is 2.16. The standard InChI is InChI=1S/C11H20N2O2/c1-8-6-9(8)13-10(14)11(7-12)2-4-15-5-3-11/h8-9H,2-7,12H2,1H3,(H,13,14). The monoisotopic (exact) mass is 212 g/mol. The van der Waals surface area contributed by atoms with Crippen molar-refractivity contribution < 1.29 is 9.53 Å². The Morgan fingerprint density at radius 3 is 2.60 bits per heavy atom. The summed E-state index contributed by atoms with van der Waals surface area (Å²) in [6, 6.07) is 0.392. The number of nitrogens with one attached hydrogen (secondary N) is 1. The van der Waals surface area contributed by atoms with Crippen LogP contribution >= 0.6 is 0 Å². The maximum atomic E-state index is 12.1. The Morgan fingerprint density at radius 2 is 2.13 bits per heavy atom. The summed E-state index contributed by atoms with van der Waals surface area (Å²) in [7, 11) is 0. The van der Waals surface area contributed by atoms with E-state index in [-0.39, 0.29) is 11.3 Å². The van der Waals surface area contributed by atoms with Crippen molar-refractivity contribution in [3.63, 3.8) is 0 Å². The van der Waals surface area contributed by atoms with Crippen molar-refractivity contribution in [2.45, 2.75) is 32.2 Å². The average molecular weight is 212 g/mol. The molecule has 1 saturated heterocycles. The molecule has 2 unspecified atom stereocenters. The molecule has 0 bridgehead atoms. The molecule has 1 saturated carbocycles. The van der Waals surface area contributed by atoms with Gasteiger partial charge in [-0.3, -0.25) is 4.79 Å². The molecular weight excluding hydrogens is 192 g/mol. The van der Waals surface area contributed by atoms with E-state index in [1.165, 1.54) is 0 Å². The molecule has 2 aliphatic rings. The summed E-state index contributed by atoms with van der Waals surface area (Å²) >= 11 is 0. The minimum atomic E-state index is -0.361. The van der Waals surface area contributed by atoms with E-state index in [4.69, 9.17) is 10.5 Å². The van der Waals surface area contributed by atoms with E-state index in [1.807, 2.05) is 0 Å². The molecule has 1 aliphatic heterocycles. The van der Waals surface area contributed by atoms with Crippen LogP contribution in [0.4, 0.5) is 0 Å². The largest absolute Gasteiger partial charge is 0.381 e. The van der Waals surface area contributed by atoms with Crippen LogP contribution in [0.15, 0.2) is 0 Å². The second-order valence-electron chi connectivity index (χ2n) is 4.89. The maximum absolute atomic E-state index is 12.1. The van der Waals surface area contributed by atoms with Crippen molar-refractivity contribution in [2.24, 2.45) is 17.1 Å². The van der Waals surface area contributed by atoms with Gasteiger partial charge in [0.15, 0.2) is 0 Å². The van der Waals surface area contributed by atoms with Gasteiger partial charge in [-0.1, -0.05) is 6.92 Å². The Kier molecular flexibility index (Phi) is 2.98. The normalized spacial score (nSPS) is 33.5. The van der Waals surface area contributed by atoms with Gasteiger partial charge < -0.3 is 15.8 Å². The quantitative estimate of drug-likeness (QED) is 0.705. The summed E-state index contributed by atoms with van der Waals surface area (Å²) in [5, 5.41) is 3.09. The van der Waals surface area contributed by atoms with Crippen LogP contribution in [-0.4, -0.2) is 31.7 Å². The number of carbonyl (C=O) groups is 1. The van der Waals surface area contributed by atoms with Crippen LogP contribution in [0.3, 0.4) is 0 Å². The lowest BCUT2D eigenvalue weighted by Gasteiger charge is -2.34. The smallest absolute Gasteiger partial charge is 0.227 e. The number of hydrogen-bond donors (Lipinski definition) is 2. The highest BCUT2D eigenvalue weighted by atomic mass is 16.5. The number of amides is 1. The van der Waals surface area contributed by atoms with E-state index < -0.39 is 0 Å². The zero-order valence-electron chi connectivity index (χ0n) is 9.29. The summed E-state index contributed by atoms with van der Waals surface area (Å²) in [5.74, 6) is 0.784. The van der Waals surface area contributed by atoms with Crippen molar-refractivity contribution in [1.29, 1.82) is 0 Å². The number of hydrogen-bond acceptors (Lipinski definition) is 3. The van der Waals surface area contributed by atoms with E-state index in [0.717, 1.165) is 19.3 Å². The minimum Gasteiger partial charge on any atom is -0.381 e. The molecule has 0 aromatic carbocycles. The van der Waals surface area contributed by atoms with Gasteiger partial charge in [-0.2, -0.15) is 0 Å². The number of ether oxygens (including phenoxy) is 1. The molecule has 0 radical (unpaired) electrons. The molecule has 1 heterocycles. The molecule has 15 heavy (non-hydrogen) atoms. The van der Waals surface area contributed by atoms with E-state index >= 15 is 0 Å². The van der Waals surface area contributed by atoms with Gasteiger partial charge in [0.05, 0.1) is 5.41 Å². The molecule has 2 atom stereocenters. The Balaban J connectivity index is 1.94. The summed E-state index contributed by atoms with van der Waals surface area (Å²) in [4.78, 5) is 12.1. The molecule has 0 aromatic heterocycles. The van der Waals surface area contributed by atoms with Crippen molar-refractivity contribution in [1.82, 2.24) is 5.32 Å². The Labute approximate surface area is 90.5 Å². The fourth-order valence-corrected chi connectivity index (χ4v) is 2.13. The van der Waals surface area contributed by atoms with Gasteiger partial charge in [-0.25, -0.2) is 0 Å². The molecule has 2 fully saturated rings. The SMILES string of the molecule is CC1CC1NC(=O)C1(CN)CCOCC1. The molecule has 0 spiro atoms. The number of nitrogens with two attached hydrogens (primary N) is 1. The first-order valence-corrected chi connectivity index (χ1v) is 5.77. The predicted molar refractivity (Wildman–Crippen MR) is 57.3 cm³/mol. The van der Waals surface area contributed by atoms with Crippen LogP contribution in [0.1, 0.15) is 26.2 Å². The van der Waals surface area contributed by atoms with Crippen LogP contribution in [-0.2, 0) is 9.53 Å². The van der Waals surface area contributed by atoms with E-state index in [2.05, 4.69) is 12.2 Å². The Hall–Kier alpha value is -0.610. The second-order valence-corrected chi connectivity index (χ2v) is 4.89. The zero-order chi connectivity index (χ0) is 10.9. The molecule has 4 heteroatoms. The van der Waals surface area contributed by atoms with Crippen LogP contribution in [0.25, 0.3) is 0 Å². The van der Waals surface area contributed by atoms with Crippen molar-refractivity contribution in [3.05, 3.63) is 0 Å². The Morgan fingerprint density at radius 1 is 1.53 bits per heavy atom. The second kappa shape index (κ2) is 4.10. The first kappa shape index (κ1) is 10.9. The van der Waals surface area contributed by atoms with Crippen molar-refractivity contribution in [3.8, 4) is 0 Å². The predicted octanol–water partition coefficient (Wildman–Crippen LogP) is 0.267. The molecule has 2 rings (SSSR count). The fourth-order valence-electron chi connectivity index (χ4n) is 2.13.